The molecule has 0 radical (unpaired) electrons. The summed E-state index contributed by atoms with van der Waals surface area (Å²) in [5.41, 5.74) is 3.53. The molecule has 1 saturated heterocycles. The van der Waals surface area contributed by atoms with E-state index < -0.39 is 5.82 Å². The Balaban J connectivity index is 1.13. The average Bonchev–Trinajstić information content (AvgIpc) is 3.73. The molecule has 2 bridgehead atoms. The molecule has 1 aliphatic heterocycles. The molecule has 43 heavy (non-hydrogen) atoms. The van der Waals surface area contributed by atoms with Crippen LogP contribution in [0.25, 0.3) is 11.1 Å². The number of hydrogen-bond acceptors (Lipinski definition) is 8. The third kappa shape index (κ3) is 5.10. The first kappa shape index (κ1) is 27.7. The predicted molar refractivity (Wildman–Crippen MR) is 168 cm³/mol. The third-order valence-corrected chi connectivity index (χ3v) is 10.5. The van der Waals surface area contributed by atoms with Crippen LogP contribution in [0.5, 0.6) is 0 Å². The van der Waals surface area contributed by atoms with Crippen molar-refractivity contribution in [3.63, 3.8) is 0 Å². The summed E-state index contributed by atoms with van der Waals surface area (Å²) < 4.78 is 16.6. The normalized spacial score (nSPS) is 19.5. The zero-order valence-corrected chi connectivity index (χ0v) is 25.3. The average molecular weight is 600 g/mol. The van der Waals surface area contributed by atoms with Crippen molar-refractivity contribution in [3.05, 3.63) is 79.6 Å². The summed E-state index contributed by atoms with van der Waals surface area (Å²) in [7, 11) is 3.77. The van der Waals surface area contributed by atoms with Crippen molar-refractivity contribution in [2.75, 3.05) is 48.8 Å². The van der Waals surface area contributed by atoms with Crippen molar-refractivity contribution in [1.29, 1.82) is 0 Å². The standard InChI is InChI=1S/C32H34FN7O2S/c1-18-22(6-7-24(33)29(18)35-31(41)26-16-23-19-4-5-20(14-19)30(23)43-26)21-15-25(32(42)39(3)17-21)34-27-8-9-28(37-36-27)40-12-10-38(2)11-13-40/h6-9,15-17,19-20H,4-5,10-14H2,1-3H3,(H,34,36)(H,35,41). The van der Waals surface area contributed by atoms with Crippen LogP contribution in [-0.2, 0) is 7.05 Å². The topological polar surface area (TPSA) is 95.4 Å². The predicted octanol–water partition coefficient (Wildman–Crippen LogP) is 5.46. The Bertz CT molecular complexity index is 1750. The minimum atomic E-state index is -0.502. The van der Waals surface area contributed by atoms with Crippen LogP contribution in [0.3, 0.4) is 0 Å². The third-order valence-electron chi connectivity index (χ3n) is 9.15. The van der Waals surface area contributed by atoms with Crippen molar-refractivity contribution in [2.45, 2.75) is 38.0 Å². The Kier molecular flexibility index (Phi) is 7.01. The van der Waals surface area contributed by atoms with E-state index in [-0.39, 0.29) is 17.2 Å². The molecule has 0 spiro atoms. The number of likely N-dealkylation sites (N-methyl/N-ethyl adjacent to an activating group) is 1. The van der Waals surface area contributed by atoms with Gasteiger partial charge < -0.3 is 25.0 Å². The summed E-state index contributed by atoms with van der Waals surface area (Å²) in [6, 6.07) is 10.5. The number of aromatic nitrogens is 3. The number of anilines is 4. The SMILES string of the molecule is Cc1c(-c2cc(Nc3ccc(N4CCN(C)CC4)nn3)c(=O)n(C)c2)ccc(F)c1NC(=O)c1cc2c(s1)C1CCC2C1. The first-order valence-electron chi connectivity index (χ1n) is 14.7. The summed E-state index contributed by atoms with van der Waals surface area (Å²) in [5, 5.41) is 14.7. The molecular weight excluding hydrogens is 565 g/mol. The van der Waals surface area contributed by atoms with E-state index in [4.69, 9.17) is 0 Å². The van der Waals surface area contributed by atoms with Crippen LogP contribution in [0.4, 0.5) is 27.4 Å². The van der Waals surface area contributed by atoms with Crippen molar-refractivity contribution in [3.8, 4) is 11.1 Å². The zero-order chi connectivity index (χ0) is 29.8. The van der Waals surface area contributed by atoms with Crippen molar-refractivity contribution in [2.24, 2.45) is 7.05 Å². The summed E-state index contributed by atoms with van der Waals surface area (Å²) in [5.74, 6) is 1.59. The number of thiophene rings is 1. The Hall–Kier alpha value is -4.09. The molecule has 1 aromatic carbocycles. The maximum atomic E-state index is 15.1. The van der Waals surface area contributed by atoms with E-state index in [1.54, 1.807) is 43.6 Å². The fourth-order valence-electron chi connectivity index (χ4n) is 6.67. The molecule has 2 unspecified atom stereocenters. The number of nitrogens with one attached hydrogen (secondary N) is 2. The van der Waals surface area contributed by atoms with Gasteiger partial charge in [-0.2, -0.15) is 0 Å². The van der Waals surface area contributed by atoms with Gasteiger partial charge in [-0.1, -0.05) is 6.07 Å². The van der Waals surface area contributed by atoms with E-state index in [1.807, 2.05) is 18.2 Å². The molecule has 1 saturated carbocycles. The first-order valence-corrected chi connectivity index (χ1v) is 15.6. The van der Waals surface area contributed by atoms with Gasteiger partial charge in [-0.3, -0.25) is 9.59 Å². The number of fused-ring (bicyclic) bond motifs is 5. The molecule has 2 fully saturated rings. The maximum absolute atomic E-state index is 15.1. The minimum absolute atomic E-state index is 0.146. The number of rotatable bonds is 6. The van der Waals surface area contributed by atoms with E-state index >= 15 is 4.39 Å². The summed E-state index contributed by atoms with van der Waals surface area (Å²) in [6.45, 7) is 5.49. The van der Waals surface area contributed by atoms with E-state index in [0.29, 0.717) is 44.9 Å². The second-order valence-electron chi connectivity index (χ2n) is 11.9. The number of carbonyl (C=O) groups excluding carboxylic acids is 1. The van der Waals surface area contributed by atoms with Gasteiger partial charge in [0.1, 0.15) is 11.5 Å². The Labute approximate surface area is 253 Å². The highest BCUT2D eigenvalue weighted by Crippen LogP contribution is 2.56. The lowest BCUT2D eigenvalue weighted by molar-refractivity contribution is 0.103. The Morgan fingerprint density at radius 3 is 2.56 bits per heavy atom. The van der Waals surface area contributed by atoms with Crippen LogP contribution < -0.4 is 21.1 Å². The number of hydrogen-bond donors (Lipinski definition) is 2. The van der Waals surface area contributed by atoms with E-state index in [0.717, 1.165) is 32.0 Å². The maximum Gasteiger partial charge on any atom is 0.274 e. The van der Waals surface area contributed by atoms with E-state index in [2.05, 4.69) is 37.7 Å². The lowest BCUT2D eigenvalue weighted by atomic mass is 9.98. The van der Waals surface area contributed by atoms with Gasteiger partial charge in [-0.25, -0.2) is 4.39 Å². The highest BCUT2D eigenvalue weighted by Gasteiger charge is 2.39. The van der Waals surface area contributed by atoms with Gasteiger partial charge in [0.2, 0.25) is 0 Å². The lowest BCUT2D eigenvalue weighted by Crippen LogP contribution is -2.44. The number of nitrogens with zero attached hydrogens (tertiary/aromatic N) is 5. The number of aryl methyl sites for hydroxylation is 1. The number of halogens is 1. The molecule has 2 atom stereocenters. The smallest absolute Gasteiger partial charge is 0.274 e. The molecule has 4 heterocycles. The van der Waals surface area contributed by atoms with Gasteiger partial charge in [0.25, 0.3) is 11.5 Å². The van der Waals surface area contributed by atoms with Crippen molar-refractivity contribution < 1.29 is 9.18 Å². The second-order valence-corrected chi connectivity index (χ2v) is 13.0. The highest BCUT2D eigenvalue weighted by molar-refractivity contribution is 7.14. The van der Waals surface area contributed by atoms with Gasteiger partial charge in [-0.15, -0.1) is 21.5 Å². The molecule has 3 aliphatic rings. The largest absolute Gasteiger partial charge is 0.353 e. The monoisotopic (exact) mass is 599 g/mol. The van der Waals surface area contributed by atoms with Crippen LogP contribution in [0, 0.1) is 12.7 Å². The lowest BCUT2D eigenvalue weighted by Gasteiger charge is -2.32. The molecule has 2 N–H and O–H groups in total. The van der Waals surface area contributed by atoms with Crippen LogP contribution in [0.2, 0.25) is 0 Å². The molecule has 222 valence electrons. The van der Waals surface area contributed by atoms with Crippen LogP contribution in [-0.4, -0.2) is 58.8 Å². The van der Waals surface area contributed by atoms with Gasteiger partial charge in [0.15, 0.2) is 11.6 Å². The number of pyridine rings is 1. The van der Waals surface area contributed by atoms with Crippen LogP contribution in [0.15, 0.2) is 47.4 Å². The van der Waals surface area contributed by atoms with Gasteiger partial charge in [0, 0.05) is 49.9 Å². The van der Waals surface area contributed by atoms with E-state index in [9.17, 15) is 9.59 Å². The summed E-state index contributed by atoms with van der Waals surface area (Å²) in [6.07, 6.45) is 5.29. The fourth-order valence-corrected chi connectivity index (χ4v) is 7.96. The molecule has 4 aromatic rings. The molecule has 11 heteroatoms. The van der Waals surface area contributed by atoms with E-state index in [1.165, 1.54) is 40.3 Å². The minimum Gasteiger partial charge on any atom is -0.353 e. The van der Waals surface area contributed by atoms with Crippen LogP contribution in [0.1, 0.15) is 56.8 Å². The number of amides is 1. The molecule has 2 aliphatic carbocycles. The summed E-state index contributed by atoms with van der Waals surface area (Å²) >= 11 is 1.54. The van der Waals surface area contributed by atoms with Gasteiger partial charge >= 0.3 is 0 Å². The number of benzene rings is 1. The zero-order valence-electron chi connectivity index (χ0n) is 24.5. The molecule has 1 amide bonds. The number of piperazine rings is 1. The second kappa shape index (κ2) is 10.9. The van der Waals surface area contributed by atoms with Crippen molar-refractivity contribution in [1.82, 2.24) is 19.7 Å². The Morgan fingerprint density at radius 1 is 1.02 bits per heavy atom. The van der Waals surface area contributed by atoms with Gasteiger partial charge in [0.05, 0.1) is 10.6 Å². The highest BCUT2D eigenvalue weighted by atomic mass is 32.1. The van der Waals surface area contributed by atoms with Crippen molar-refractivity contribution >= 4 is 40.3 Å². The molecule has 9 nitrogen and oxygen atoms in total. The first-order chi connectivity index (χ1) is 20.7. The Morgan fingerprint density at radius 2 is 1.81 bits per heavy atom. The van der Waals surface area contributed by atoms with Crippen LogP contribution >= 0.6 is 11.3 Å². The molecular formula is C32H34FN7O2S. The molecule has 7 rings (SSSR count). The number of carbonyl (C=O) groups is 1. The molecule has 3 aromatic heterocycles. The van der Waals surface area contributed by atoms with Gasteiger partial charge in [-0.05, 0) is 92.1 Å². The summed E-state index contributed by atoms with van der Waals surface area (Å²) in [4.78, 5) is 32.7. The quantitative estimate of drug-likeness (QED) is 0.304. The fraction of sp³-hybridized carbons (Fsp3) is 0.375.